The van der Waals surface area contributed by atoms with Crippen molar-refractivity contribution in [1.29, 1.82) is 0 Å². The van der Waals surface area contributed by atoms with Crippen LogP contribution in [0.2, 0.25) is 0 Å². The first kappa shape index (κ1) is 24.2. The van der Waals surface area contributed by atoms with E-state index in [2.05, 4.69) is 20.6 Å². The molecule has 0 spiro atoms. The Hall–Kier alpha value is -4.47. The number of tetrazole rings is 1. The molecule has 2 aromatic heterocycles. The summed E-state index contributed by atoms with van der Waals surface area (Å²) in [6.45, 7) is 4.43. The van der Waals surface area contributed by atoms with Crippen LogP contribution < -0.4 is 10.3 Å². The number of rotatable bonds is 8. The summed E-state index contributed by atoms with van der Waals surface area (Å²) in [6, 6.07) is 14.9. The zero-order valence-electron chi connectivity index (χ0n) is 20.9. The molecule has 2 aromatic carbocycles. The zero-order chi connectivity index (χ0) is 25.9. The molecule has 10 nitrogen and oxygen atoms in total. The molecule has 10 heteroatoms. The molecule has 0 saturated carbocycles. The van der Waals surface area contributed by atoms with Gasteiger partial charge in [0.25, 0.3) is 5.56 Å². The molecule has 0 aliphatic carbocycles. The first-order chi connectivity index (χ1) is 18.0. The van der Waals surface area contributed by atoms with Crippen LogP contribution in [0, 0.1) is 0 Å². The van der Waals surface area contributed by atoms with Crippen LogP contribution in [0.4, 0.5) is 0 Å². The van der Waals surface area contributed by atoms with Crippen molar-refractivity contribution in [3.8, 4) is 28.4 Å². The lowest BCUT2D eigenvalue weighted by atomic mass is 9.97. The number of nitrogens with one attached hydrogen (secondary N) is 1. The van der Waals surface area contributed by atoms with Gasteiger partial charge in [-0.05, 0) is 35.2 Å². The molecule has 3 heterocycles. The molecule has 5 rings (SSSR count). The lowest BCUT2D eigenvalue weighted by Crippen LogP contribution is -2.36. The molecular formula is C27H28N6O4. The van der Waals surface area contributed by atoms with E-state index in [4.69, 9.17) is 9.47 Å². The van der Waals surface area contributed by atoms with Gasteiger partial charge in [0, 0.05) is 12.0 Å². The Morgan fingerprint density at radius 2 is 1.81 bits per heavy atom. The lowest BCUT2D eigenvalue weighted by molar-refractivity contribution is -0.143. The summed E-state index contributed by atoms with van der Waals surface area (Å²) in [7, 11) is 1.32. The molecule has 4 aromatic rings. The second-order valence-corrected chi connectivity index (χ2v) is 8.87. The Balaban J connectivity index is 1.52. The summed E-state index contributed by atoms with van der Waals surface area (Å²) < 4.78 is 14.3. The van der Waals surface area contributed by atoms with Gasteiger partial charge in [0.1, 0.15) is 0 Å². The summed E-state index contributed by atoms with van der Waals surface area (Å²) >= 11 is 0. The van der Waals surface area contributed by atoms with Gasteiger partial charge in [0.15, 0.2) is 6.04 Å². The van der Waals surface area contributed by atoms with Gasteiger partial charge in [-0.25, -0.2) is 14.2 Å². The summed E-state index contributed by atoms with van der Waals surface area (Å²) in [6.07, 6.45) is 4.75. The van der Waals surface area contributed by atoms with Crippen LogP contribution in [-0.4, -0.2) is 49.7 Å². The highest BCUT2D eigenvalue weighted by Crippen LogP contribution is 2.32. The number of hydrogen-bond acceptors (Lipinski definition) is 7. The molecule has 0 bridgehead atoms. The minimum absolute atomic E-state index is 0.154. The fourth-order valence-electron chi connectivity index (χ4n) is 4.65. The Morgan fingerprint density at radius 1 is 1.05 bits per heavy atom. The Morgan fingerprint density at radius 3 is 2.49 bits per heavy atom. The van der Waals surface area contributed by atoms with Gasteiger partial charge >= 0.3 is 5.97 Å². The van der Waals surface area contributed by atoms with E-state index in [1.54, 1.807) is 10.8 Å². The molecule has 0 amide bonds. The van der Waals surface area contributed by atoms with E-state index >= 15 is 0 Å². The van der Waals surface area contributed by atoms with Crippen LogP contribution in [0.5, 0.6) is 5.88 Å². The Bertz CT molecular complexity index is 1480. The molecule has 1 aliphatic rings. The first-order valence-electron chi connectivity index (χ1n) is 12.2. The summed E-state index contributed by atoms with van der Waals surface area (Å²) in [4.78, 5) is 26.1. The first-order valence-corrected chi connectivity index (χ1v) is 12.2. The highest BCUT2D eigenvalue weighted by molar-refractivity contribution is 5.80. The minimum Gasteiger partial charge on any atom is -0.478 e. The monoisotopic (exact) mass is 500 g/mol. The van der Waals surface area contributed by atoms with Crippen molar-refractivity contribution < 1.29 is 14.3 Å². The zero-order valence-corrected chi connectivity index (χ0v) is 20.9. The number of nitrogens with zero attached hydrogens (tertiary/aromatic N) is 5. The molecule has 190 valence electrons. The van der Waals surface area contributed by atoms with Crippen LogP contribution in [0.25, 0.3) is 22.5 Å². The fraction of sp³-hybridized carbons (Fsp3) is 0.296. The van der Waals surface area contributed by atoms with Crippen molar-refractivity contribution in [2.75, 3.05) is 13.7 Å². The van der Waals surface area contributed by atoms with E-state index in [-0.39, 0.29) is 11.6 Å². The SMILES string of the molecule is CCCOc1c(Cc2ccc(-c3ccccc3-c3nn[nH]n3)cc2)c(=O)n2n1C(C)C=CC2C(=O)OC. The molecule has 0 fully saturated rings. The smallest absolute Gasteiger partial charge is 0.334 e. The maximum Gasteiger partial charge on any atom is 0.334 e. The van der Waals surface area contributed by atoms with Crippen LogP contribution in [0.15, 0.2) is 65.5 Å². The number of H-pyrrole nitrogens is 1. The van der Waals surface area contributed by atoms with Gasteiger partial charge < -0.3 is 9.47 Å². The number of aromatic nitrogens is 6. The maximum atomic E-state index is 13.6. The van der Waals surface area contributed by atoms with Crippen LogP contribution in [0.1, 0.15) is 43.5 Å². The molecule has 1 aliphatic heterocycles. The van der Waals surface area contributed by atoms with Crippen LogP contribution in [0.3, 0.4) is 0 Å². The van der Waals surface area contributed by atoms with Crippen LogP contribution in [-0.2, 0) is 16.0 Å². The number of hydrogen-bond donors (Lipinski definition) is 1. The van der Waals surface area contributed by atoms with Gasteiger partial charge in [0.2, 0.25) is 11.7 Å². The highest BCUT2D eigenvalue weighted by Gasteiger charge is 2.33. The third-order valence-electron chi connectivity index (χ3n) is 6.43. The second-order valence-electron chi connectivity index (χ2n) is 8.87. The fourth-order valence-corrected chi connectivity index (χ4v) is 4.65. The number of aromatic amines is 1. The number of benzene rings is 2. The second kappa shape index (κ2) is 10.3. The largest absolute Gasteiger partial charge is 0.478 e. The topological polar surface area (TPSA) is 117 Å². The lowest BCUT2D eigenvalue weighted by Gasteiger charge is -2.26. The standard InChI is InChI=1S/C27H28N6O4/c1-4-15-37-26-22(25(34)33-23(27(35)36-3)14-9-17(2)32(26)33)16-18-10-12-19(13-11-18)20-7-5-6-8-21(20)24-28-30-31-29-24/h5-14,17,23H,4,15-16H2,1-3H3,(H,28,29,30,31). The van der Waals surface area contributed by atoms with Crippen molar-refractivity contribution in [2.45, 2.75) is 38.8 Å². The Kier molecular flexibility index (Phi) is 6.72. The van der Waals surface area contributed by atoms with Crippen molar-refractivity contribution in [2.24, 2.45) is 0 Å². The van der Waals surface area contributed by atoms with Gasteiger partial charge in [0.05, 0.1) is 25.3 Å². The number of carbonyl (C=O) groups is 1. The quantitative estimate of drug-likeness (QED) is 0.289. The van der Waals surface area contributed by atoms with E-state index in [9.17, 15) is 9.59 Å². The summed E-state index contributed by atoms with van der Waals surface area (Å²) in [5.74, 6) is 0.513. The van der Waals surface area contributed by atoms with Gasteiger partial charge in [-0.3, -0.25) is 4.79 Å². The van der Waals surface area contributed by atoms with E-state index < -0.39 is 12.0 Å². The average molecular weight is 501 g/mol. The number of esters is 1. The van der Waals surface area contributed by atoms with E-state index in [1.165, 1.54) is 11.8 Å². The molecule has 37 heavy (non-hydrogen) atoms. The minimum atomic E-state index is -0.838. The summed E-state index contributed by atoms with van der Waals surface area (Å²) in [5.41, 5.74) is 4.03. The summed E-state index contributed by atoms with van der Waals surface area (Å²) in [5, 5.41) is 14.4. The highest BCUT2D eigenvalue weighted by atomic mass is 16.5. The predicted octanol–water partition coefficient (Wildman–Crippen LogP) is 3.72. The maximum absolute atomic E-state index is 13.6. The Labute approximate surface area is 213 Å². The van der Waals surface area contributed by atoms with Crippen LogP contribution >= 0.6 is 0 Å². The van der Waals surface area contributed by atoms with Gasteiger partial charge in [-0.15, -0.1) is 10.2 Å². The van der Waals surface area contributed by atoms with E-state index in [0.717, 1.165) is 28.7 Å². The van der Waals surface area contributed by atoms with E-state index in [0.29, 0.717) is 30.3 Å². The number of fused-ring (bicyclic) bond motifs is 1. The molecular weight excluding hydrogens is 472 g/mol. The molecule has 2 atom stereocenters. The average Bonchev–Trinajstić information content (AvgIpc) is 3.56. The normalized spacial score (nSPS) is 16.4. The van der Waals surface area contributed by atoms with Gasteiger partial charge in [-0.1, -0.05) is 67.6 Å². The van der Waals surface area contributed by atoms with Gasteiger partial charge in [-0.2, -0.15) is 5.21 Å². The van der Waals surface area contributed by atoms with Crippen molar-refractivity contribution in [3.05, 3.63) is 82.2 Å². The van der Waals surface area contributed by atoms with Crippen molar-refractivity contribution in [1.82, 2.24) is 30.0 Å². The number of methoxy groups -OCH3 is 1. The van der Waals surface area contributed by atoms with E-state index in [1.807, 2.05) is 68.5 Å². The van der Waals surface area contributed by atoms with Crippen molar-refractivity contribution >= 4 is 5.97 Å². The number of allylic oxidation sites excluding steroid dienone is 1. The molecule has 1 N–H and O–H groups in total. The number of carbonyl (C=O) groups excluding carboxylic acids is 1. The predicted molar refractivity (Wildman–Crippen MR) is 137 cm³/mol. The molecule has 0 radical (unpaired) electrons. The molecule has 0 saturated heterocycles. The third kappa shape index (κ3) is 4.46. The molecule has 2 unspecified atom stereocenters. The number of ether oxygens (including phenoxy) is 2. The third-order valence-corrected chi connectivity index (χ3v) is 6.43. The van der Waals surface area contributed by atoms with Crippen molar-refractivity contribution in [3.63, 3.8) is 0 Å².